The molecular weight excluding hydrogens is 449 g/mol. The Balaban J connectivity index is 1.92. The molecule has 1 saturated carbocycles. The second kappa shape index (κ2) is 9.18. The van der Waals surface area contributed by atoms with Crippen LogP contribution < -0.4 is 4.90 Å². The first kappa shape index (κ1) is 24.8. The number of hydrogen-bond donors (Lipinski definition) is 1. The van der Waals surface area contributed by atoms with Crippen molar-refractivity contribution >= 4 is 21.5 Å². The molecule has 0 spiro atoms. The molecular formula is C21H29F3N2O5S. The molecule has 0 amide bonds. The van der Waals surface area contributed by atoms with Gasteiger partial charge >= 0.3 is 12.1 Å². The minimum Gasteiger partial charge on any atom is -0.481 e. The number of ether oxygens (including phenoxy) is 1. The quantitative estimate of drug-likeness (QED) is 0.673. The largest absolute Gasteiger partial charge is 0.481 e. The molecule has 1 aliphatic carbocycles. The first-order valence-corrected chi connectivity index (χ1v) is 12.1. The maximum atomic E-state index is 13.9. The lowest BCUT2D eigenvalue weighted by Gasteiger charge is -2.38. The highest BCUT2D eigenvalue weighted by Crippen LogP contribution is 2.42. The highest BCUT2D eigenvalue weighted by molar-refractivity contribution is 7.92. The maximum absolute atomic E-state index is 13.9. The lowest BCUT2D eigenvalue weighted by atomic mass is 10.1. The highest BCUT2D eigenvalue weighted by atomic mass is 32.2. The third-order valence-electron chi connectivity index (χ3n) is 6.50. The van der Waals surface area contributed by atoms with Gasteiger partial charge in [-0.05, 0) is 44.9 Å². The molecule has 2 aliphatic rings. The predicted molar refractivity (Wildman–Crippen MR) is 112 cm³/mol. The average Bonchev–Trinajstić information content (AvgIpc) is 3.18. The van der Waals surface area contributed by atoms with Crippen LogP contribution in [-0.2, 0) is 25.5 Å². The first-order chi connectivity index (χ1) is 14.9. The summed E-state index contributed by atoms with van der Waals surface area (Å²) in [6.07, 6.45) is -6.18. The number of sulfone groups is 1. The molecule has 1 aromatic carbocycles. The number of carboxylic acids is 1. The summed E-state index contributed by atoms with van der Waals surface area (Å²) in [4.78, 5) is 14.7. The van der Waals surface area contributed by atoms with Gasteiger partial charge in [0.15, 0.2) is 9.84 Å². The molecule has 7 nitrogen and oxygen atoms in total. The standard InChI is InChI=1S/C21H29F3N2O5S/c1-13(2)25-6-8-26(9-7-25)14-4-5-19(17(10-14)21(22,23)24)32(29,30)15-11-16(20(27)28)18(12-15)31-3/h4-5,10,13,15-16,18H,6-9,11-12H2,1-3H3,(H,27,28)/t15-,16-,18-/m1/s1. The van der Waals surface area contributed by atoms with Crippen molar-refractivity contribution in [3.8, 4) is 0 Å². The minimum atomic E-state index is -4.87. The highest BCUT2D eigenvalue weighted by Gasteiger charge is 2.47. The van der Waals surface area contributed by atoms with Crippen LogP contribution in [0.3, 0.4) is 0 Å². The van der Waals surface area contributed by atoms with E-state index in [1.54, 1.807) is 0 Å². The fourth-order valence-electron chi connectivity index (χ4n) is 4.59. The Morgan fingerprint density at radius 1 is 1.16 bits per heavy atom. The monoisotopic (exact) mass is 478 g/mol. The van der Waals surface area contributed by atoms with E-state index in [0.717, 1.165) is 12.1 Å². The summed E-state index contributed by atoms with van der Waals surface area (Å²) in [5, 5.41) is 8.07. The van der Waals surface area contributed by atoms with Crippen molar-refractivity contribution < 1.29 is 36.2 Å². The van der Waals surface area contributed by atoms with E-state index in [1.165, 1.54) is 13.2 Å². The summed E-state index contributed by atoms with van der Waals surface area (Å²) >= 11 is 0. The van der Waals surface area contributed by atoms with Crippen molar-refractivity contribution in [2.45, 2.75) is 55.2 Å². The van der Waals surface area contributed by atoms with Gasteiger partial charge in [-0.1, -0.05) is 0 Å². The lowest BCUT2D eigenvalue weighted by molar-refractivity contribution is -0.145. The smallest absolute Gasteiger partial charge is 0.417 e. The van der Waals surface area contributed by atoms with Crippen LogP contribution in [0.25, 0.3) is 0 Å². The van der Waals surface area contributed by atoms with Gasteiger partial charge in [0, 0.05) is 45.0 Å². The van der Waals surface area contributed by atoms with Gasteiger partial charge in [-0.15, -0.1) is 0 Å². The van der Waals surface area contributed by atoms with Gasteiger partial charge in [0.1, 0.15) is 0 Å². The van der Waals surface area contributed by atoms with Crippen molar-refractivity contribution in [3.63, 3.8) is 0 Å². The van der Waals surface area contributed by atoms with E-state index in [9.17, 15) is 31.5 Å². The molecule has 180 valence electrons. The molecule has 1 N–H and O–H groups in total. The number of benzene rings is 1. The Kier molecular flexibility index (Phi) is 7.11. The Bertz CT molecular complexity index is 943. The van der Waals surface area contributed by atoms with Crippen LogP contribution in [0.1, 0.15) is 32.3 Å². The van der Waals surface area contributed by atoms with Crippen molar-refractivity contribution in [1.29, 1.82) is 0 Å². The Labute approximate surface area is 186 Å². The van der Waals surface area contributed by atoms with E-state index in [0.29, 0.717) is 37.9 Å². The molecule has 11 heteroatoms. The third kappa shape index (κ3) is 4.89. The average molecular weight is 479 g/mol. The van der Waals surface area contributed by atoms with Gasteiger partial charge in [-0.2, -0.15) is 13.2 Å². The molecule has 1 aromatic rings. The van der Waals surface area contributed by atoms with Gasteiger partial charge in [-0.25, -0.2) is 8.42 Å². The van der Waals surface area contributed by atoms with Gasteiger partial charge in [0.2, 0.25) is 0 Å². The van der Waals surface area contributed by atoms with Crippen LogP contribution in [0.5, 0.6) is 0 Å². The number of hydrogen-bond acceptors (Lipinski definition) is 6. The summed E-state index contributed by atoms with van der Waals surface area (Å²) in [5.41, 5.74) is -0.890. The number of carboxylic acid groups (broad SMARTS) is 1. The number of piperazine rings is 1. The molecule has 0 bridgehead atoms. The summed E-state index contributed by atoms with van der Waals surface area (Å²) in [6, 6.07) is 3.66. The molecule has 0 aromatic heterocycles. The molecule has 1 heterocycles. The summed E-state index contributed by atoms with van der Waals surface area (Å²) in [6.45, 7) is 6.61. The number of nitrogens with zero attached hydrogens (tertiary/aromatic N) is 2. The number of carbonyl (C=O) groups is 1. The second-order valence-corrected chi connectivity index (χ2v) is 10.8. The first-order valence-electron chi connectivity index (χ1n) is 10.6. The van der Waals surface area contributed by atoms with Crippen molar-refractivity contribution in [1.82, 2.24) is 4.90 Å². The van der Waals surface area contributed by atoms with Crippen LogP contribution in [0, 0.1) is 5.92 Å². The molecule has 0 radical (unpaired) electrons. The van der Waals surface area contributed by atoms with Crippen LogP contribution in [0.2, 0.25) is 0 Å². The van der Waals surface area contributed by atoms with Crippen LogP contribution >= 0.6 is 0 Å². The number of aliphatic carboxylic acids is 1. The molecule has 2 fully saturated rings. The molecule has 3 rings (SSSR count). The molecule has 0 unspecified atom stereocenters. The third-order valence-corrected chi connectivity index (χ3v) is 8.74. The van der Waals surface area contributed by atoms with Crippen LogP contribution in [0.4, 0.5) is 18.9 Å². The van der Waals surface area contributed by atoms with E-state index in [1.807, 2.05) is 4.90 Å². The normalized spacial score (nSPS) is 25.5. The summed E-state index contributed by atoms with van der Waals surface area (Å²) in [7, 11) is -3.15. The van der Waals surface area contributed by atoms with Gasteiger partial charge < -0.3 is 14.7 Å². The zero-order chi connectivity index (χ0) is 23.8. The fraction of sp³-hybridized carbons (Fsp3) is 0.667. The van der Waals surface area contributed by atoms with E-state index in [-0.39, 0.29) is 12.8 Å². The van der Waals surface area contributed by atoms with E-state index in [4.69, 9.17) is 4.74 Å². The van der Waals surface area contributed by atoms with E-state index in [2.05, 4.69) is 18.7 Å². The topological polar surface area (TPSA) is 87.2 Å². The van der Waals surface area contributed by atoms with Gasteiger partial charge in [0.05, 0.1) is 27.7 Å². The Morgan fingerprint density at radius 2 is 1.78 bits per heavy atom. The van der Waals surface area contributed by atoms with Gasteiger partial charge in [0.25, 0.3) is 0 Å². The van der Waals surface area contributed by atoms with Crippen molar-refractivity contribution in [3.05, 3.63) is 23.8 Å². The maximum Gasteiger partial charge on any atom is 0.417 e. The summed E-state index contributed by atoms with van der Waals surface area (Å²) in [5.74, 6) is -2.30. The van der Waals surface area contributed by atoms with Crippen molar-refractivity contribution in [2.75, 3.05) is 38.2 Å². The zero-order valence-corrected chi connectivity index (χ0v) is 19.1. The second-order valence-electron chi connectivity index (χ2n) is 8.65. The number of rotatable bonds is 6. The van der Waals surface area contributed by atoms with E-state index < -0.39 is 49.7 Å². The van der Waals surface area contributed by atoms with Crippen LogP contribution in [-0.4, -0.2) is 75.1 Å². The minimum absolute atomic E-state index is 0.161. The van der Waals surface area contributed by atoms with E-state index >= 15 is 0 Å². The number of anilines is 1. The fourth-order valence-corrected chi connectivity index (χ4v) is 6.59. The number of halogens is 3. The zero-order valence-electron chi connectivity index (χ0n) is 18.3. The van der Waals surface area contributed by atoms with Gasteiger partial charge in [-0.3, -0.25) is 9.69 Å². The Morgan fingerprint density at radius 3 is 2.25 bits per heavy atom. The SMILES string of the molecule is CO[C@@H]1C[C@H](S(=O)(=O)c2ccc(N3CCN(C(C)C)CC3)cc2C(F)(F)F)C[C@H]1C(=O)O. The van der Waals surface area contributed by atoms with Crippen LogP contribution in [0.15, 0.2) is 23.1 Å². The number of alkyl halides is 3. The molecule has 1 saturated heterocycles. The lowest BCUT2D eigenvalue weighted by Crippen LogP contribution is -2.49. The molecule has 3 atom stereocenters. The molecule has 1 aliphatic heterocycles. The Hall–Kier alpha value is -1.85. The molecule has 32 heavy (non-hydrogen) atoms. The predicted octanol–water partition coefficient (Wildman–Crippen LogP) is 2.89. The number of methoxy groups -OCH3 is 1. The summed E-state index contributed by atoms with van der Waals surface area (Å²) < 4.78 is 73.2. The van der Waals surface area contributed by atoms with Crippen molar-refractivity contribution in [2.24, 2.45) is 5.92 Å².